The Hall–Kier alpha value is -2.70. The molecule has 2 unspecified atom stereocenters. The summed E-state index contributed by atoms with van der Waals surface area (Å²) in [5, 5.41) is 2.81. The van der Waals surface area contributed by atoms with Gasteiger partial charge < -0.3 is 15.1 Å². The number of hydrogen-bond donors (Lipinski definition) is 1. The van der Waals surface area contributed by atoms with Crippen LogP contribution >= 0.6 is 0 Å². The molecule has 0 aromatic heterocycles. The van der Waals surface area contributed by atoms with Crippen LogP contribution in [0.25, 0.3) is 0 Å². The van der Waals surface area contributed by atoms with E-state index in [1.165, 1.54) is 13.8 Å². The number of carbonyl (C=O) groups is 4. The molecule has 2 fully saturated rings. The maximum absolute atomic E-state index is 12.5. The zero-order valence-corrected chi connectivity index (χ0v) is 15.0. The van der Waals surface area contributed by atoms with Gasteiger partial charge in [-0.3, -0.25) is 19.2 Å². The quantitative estimate of drug-likeness (QED) is 0.819. The van der Waals surface area contributed by atoms with Gasteiger partial charge in [-0.15, -0.1) is 0 Å². The number of carbonyl (C=O) groups excluding carboxylic acids is 4. The van der Waals surface area contributed by atoms with Crippen LogP contribution in [0, 0.1) is 11.8 Å². The van der Waals surface area contributed by atoms with Gasteiger partial charge in [0.05, 0.1) is 11.8 Å². The van der Waals surface area contributed by atoms with E-state index in [9.17, 15) is 19.2 Å². The molecular formula is C19H23N3O4. The molecule has 1 saturated carbocycles. The Bertz CT molecular complexity index is 736. The van der Waals surface area contributed by atoms with Crippen LogP contribution in [-0.2, 0) is 14.4 Å². The van der Waals surface area contributed by atoms with Crippen LogP contribution in [-0.4, -0.2) is 59.5 Å². The van der Waals surface area contributed by atoms with Crippen LogP contribution in [0.5, 0.6) is 0 Å². The van der Waals surface area contributed by atoms with Crippen molar-refractivity contribution in [3.8, 4) is 0 Å². The van der Waals surface area contributed by atoms with Gasteiger partial charge in [0.2, 0.25) is 17.7 Å². The Morgan fingerprint density at radius 1 is 0.885 bits per heavy atom. The number of hydrogen-bond acceptors (Lipinski definition) is 4. The Morgan fingerprint density at radius 2 is 1.46 bits per heavy atom. The highest BCUT2D eigenvalue weighted by Gasteiger charge is 2.49. The molecule has 2 atom stereocenters. The molecule has 1 aromatic carbocycles. The second-order valence-corrected chi connectivity index (χ2v) is 6.90. The zero-order chi connectivity index (χ0) is 18.8. The SMILES string of the molecule is CC(=O)c1ccc(NC(=O)C2CC2C(=O)N2CCN(C(C)=O)CC2)cc1. The lowest BCUT2D eigenvalue weighted by Crippen LogP contribution is -2.50. The summed E-state index contributed by atoms with van der Waals surface area (Å²) in [6, 6.07) is 6.72. The zero-order valence-electron chi connectivity index (χ0n) is 15.0. The largest absolute Gasteiger partial charge is 0.339 e. The molecule has 1 aliphatic heterocycles. The maximum Gasteiger partial charge on any atom is 0.228 e. The van der Waals surface area contributed by atoms with Crippen LogP contribution in [0.15, 0.2) is 24.3 Å². The summed E-state index contributed by atoms with van der Waals surface area (Å²) in [6.45, 7) is 5.16. The molecule has 3 amide bonds. The number of rotatable bonds is 4. The van der Waals surface area contributed by atoms with E-state index >= 15 is 0 Å². The van der Waals surface area contributed by atoms with Crippen molar-refractivity contribution in [2.45, 2.75) is 20.3 Å². The molecule has 0 spiro atoms. The summed E-state index contributed by atoms with van der Waals surface area (Å²) < 4.78 is 0. The van der Waals surface area contributed by atoms with Crippen molar-refractivity contribution in [2.75, 3.05) is 31.5 Å². The number of piperazine rings is 1. The van der Waals surface area contributed by atoms with Gasteiger partial charge in [0, 0.05) is 44.4 Å². The number of Topliss-reactive ketones (excluding diaryl/α,β-unsaturated/α-hetero) is 1. The maximum atomic E-state index is 12.5. The Morgan fingerprint density at radius 3 is 2.00 bits per heavy atom. The lowest BCUT2D eigenvalue weighted by Gasteiger charge is -2.34. The lowest BCUT2D eigenvalue weighted by molar-refractivity contribution is -0.139. The summed E-state index contributed by atoms with van der Waals surface area (Å²) in [4.78, 5) is 51.0. The molecule has 138 valence electrons. The van der Waals surface area contributed by atoms with E-state index < -0.39 is 0 Å². The smallest absolute Gasteiger partial charge is 0.228 e. The number of nitrogens with one attached hydrogen (secondary N) is 1. The van der Waals surface area contributed by atoms with Crippen LogP contribution in [0.3, 0.4) is 0 Å². The fourth-order valence-corrected chi connectivity index (χ4v) is 3.26. The molecule has 1 aliphatic carbocycles. The second kappa shape index (κ2) is 7.27. The second-order valence-electron chi connectivity index (χ2n) is 6.90. The average Bonchev–Trinajstić information content (AvgIpc) is 3.42. The molecule has 26 heavy (non-hydrogen) atoms. The lowest BCUT2D eigenvalue weighted by atomic mass is 10.1. The highest BCUT2D eigenvalue weighted by Crippen LogP contribution is 2.41. The van der Waals surface area contributed by atoms with Crippen molar-refractivity contribution >= 4 is 29.2 Å². The van der Waals surface area contributed by atoms with Crippen LogP contribution < -0.4 is 5.32 Å². The predicted octanol–water partition coefficient (Wildman–Crippen LogP) is 1.15. The molecule has 7 heteroatoms. The van der Waals surface area contributed by atoms with Crippen molar-refractivity contribution in [1.29, 1.82) is 0 Å². The standard InChI is InChI=1S/C19H23N3O4/c1-12(23)14-3-5-15(6-4-14)20-18(25)16-11-17(16)19(26)22-9-7-21(8-10-22)13(2)24/h3-6,16-17H,7-11H2,1-2H3,(H,20,25). The molecule has 7 nitrogen and oxygen atoms in total. The Kier molecular flexibility index (Phi) is 5.06. The van der Waals surface area contributed by atoms with E-state index in [1.807, 2.05) is 0 Å². The normalized spacial score (nSPS) is 21.9. The van der Waals surface area contributed by atoms with Gasteiger partial charge in [-0.25, -0.2) is 0 Å². The highest BCUT2D eigenvalue weighted by atomic mass is 16.2. The van der Waals surface area contributed by atoms with Crippen LogP contribution in [0.1, 0.15) is 30.6 Å². The molecule has 1 N–H and O–H groups in total. The van der Waals surface area contributed by atoms with E-state index in [0.717, 1.165) is 0 Å². The molecular weight excluding hydrogens is 334 g/mol. The average molecular weight is 357 g/mol. The minimum absolute atomic E-state index is 0.000259. The fourth-order valence-electron chi connectivity index (χ4n) is 3.26. The van der Waals surface area contributed by atoms with Gasteiger partial charge >= 0.3 is 0 Å². The number of benzene rings is 1. The minimum Gasteiger partial charge on any atom is -0.339 e. The Labute approximate surface area is 152 Å². The molecule has 2 aliphatic rings. The summed E-state index contributed by atoms with van der Waals surface area (Å²) >= 11 is 0. The van der Waals surface area contributed by atoms with Gasteiger partial charge in [0.15, 0.2) is 5.78 Å². The summed E-state index contributed by atoms with van der Waals surface area (Å²) in [6.07, 6.45) is 0.559. The van der Waals surface area contributed by atoms with Crippen LogP contribution in [0.4, 0.5) is 5.69 Å². The monoisotopic (exact) mass is 357 g/mol. The third kappa shape index (κ3) is 3.92. The molecule has 0 radical (unpaired) electrons. The predicted molar refractivity (Wildman–Crippen MR) is 95.5 cm³/mol. The fraction of sp³-hybridized carbons (Fsp3) is 0.474. The minimum atomic E-state index is -0.305. The topological polar surface area (TPSA) is 86.8 Å². The van der Waals surface area contributed by atoms with E-state index in [-0.39, 0.29) is 35.3 Å². The summed E-state index contributed by atoms with van der Waals surface area (Å²) in [7, 11) is 0. The molecule has 1 heterocycles. The third-order valence-corrected chi connectivity index (χ3v) is 5.04. The van der Waals surface area contributed by atoms with Crippen molar-refractivity contribution < 1.29 is 19.2 Å². The van der Waals surface area contributed by atoms with Crippen LogP contribution in [0.2, 0.25) is 0 Å². The first-order valence-electron chi connectivity index (χ1n) is 8.83. The first-order valence-corrected chi connectivity index (χ1v) is 8.83. The van der Waals surface area contributed by atoms with Gasteiger partial charge in [-0.05, 0) is 37.6 Å². The Balaban J connectivity index is 1.50. The van der Waals surface area contributed by atoms with Crippen molar-refractivity contribution in [2.24, 2.45) is 11.8 Å². The van der Waals surface area contributed by atoms with Gasteiger partial charge in [-0.2, -0.15) is 0 Å². The van der Waals surface area contributed by atoms with Gasteiger partial charge in [0.25, 0.3) is 0 Å². The van der Waals surface area contributed by atoms with Crippen molar-refractivity contribution in [3.63, 3.8) is 0 Å². The summed E-state index contributed by atoms with van der Waals surface area (Å²) in [5.74, 6) is -0.741. The van der Waals surface area contributed by atoms with E-state index in [1.54, 1.807) is 34.1 Å². The molecule has 0 bridgehead atoms. The summed E-state index contributed by atoms with van der Waals surface area (Å²) in [5.41, 5.74) is 1.21. The highest BCUT2D eigenvalue weighted by molar-refractivity contribution is 6.00. The number of ketones is 1. The third-order valence-electron chi connectivity index (χ3n) is 5.04. The van der Waals surface area contributed by atoms with Crippen molar-refractivity contribution in [1.82, 2.24) is 9.80 Å². The number of nitrogens with zero attached hydrogens (tertiary/aromatic N) is 2. The van der Waals surface area contributed by atoms with E-state index in [2.05, 4.69) is 5.32 Å². The molecule has 3 rings (SSSR count). The molecule has 1 saturated heterocycles. The number of amides is 3. The van der Waals surface area contributed by atoms with E-state index in [4.69, 9.17) is 0 Å². The number of anilines is 1. The van der Waals surface area contributed by atoms with Gasteiger partial charge in [-0.1, -0.05) is 0 Å². The first kappa shape index (κ1) is 18.1. The van der Waals surface area contributed by atoms with Crippen molar-refractivity contribution in [3.05, 3.63) is 29.8 Å². The van der Waals surface area contributed by atoms with E-state index in [0.29, 0.717) is 43.9 Å². The van der Waals surface area contributed by atoms with Gasteiger partial charge in [0.1, 0.15) is 0 Å². The molecule has 1 aromatic rings. The first-order chi connectivity index (χ1) is 12.4.